The highest BCUT2D eigenvalue weighted by Gasteiger charge is 2.40. The van der Waals surface area contributed by atoms with Gasteiger partial charge in [0.1, 0.15) is 5.56 Å². The van der Waals surface area contributed by atoms with Crippen molar-refractivity contribution in [2.24, 2.45) is 0 Å². The number of thioether (sulfide) groups is 1. The monoisotopic (exact) mass is 407 g/mol. The predicted molar refractivity (Wildman–Crippen MR) is 98.0 cm³/mol. The smallest absolute Gasteiger partial charge is 0.282 e. The highest BCUT2D eigenvalue weighted by Crippen LogP contribution is 2.31. The number of aromatic nitrogens is 2. The molecular formula is C15H13N5O5S2. The van der Waals surface area contributed by atoms with Gasteiger partial charge in [-0.3, -0.25) is 29.4 Å². The number of nitrogens with one attached hydrogen (secondary N) is 1. The first-order valence-corrected chi connectivity index (χ1v) is 9.62. The molecule has 2 aromatic rings. The summed E-state index contributed by atoms with van der Waals surface area (Å²) >= 11 is 2.72. The number of rotatable bonds is 7. The minimum absolute atomic E-state index is 0.0278. The molecule has 140 valence electrons. The number of fused-ring (bicyclic) bond motifs is 1. The lowest BCUT2D eigenvalue weighted by Gasteiger charge is -2.12. The number of benzene rings is 1. The second-order valence-corrected chi connectivity index (χ2v) is 7.81. The molecule has 0 saturated heterocycles. The van der Waals surface area contributed by atoms with Crippen LogP contribution in [-0.2, 0) is 4.79 Å². The van der Waals surface area contributed by atoms with E-state index in [9.17, 15) is 24.5 Å². The van der Waals surface area contributed by atoms with E-state index in [4.69, 9.17) is 0 Å². The van der Waals surface area contributed by atoms with Crippen LogP contribution >= 0.6 is 23.1 Å². The van der Waals surface area contributed by atoms with Crippen molar-refractivity contribution >= 4 is 51.6 Å². The molecule has 27 heavy (non-hydrogen) atoms. The molecule has 3 rings (SSSR count). The van der Waals surface area contributed by atoms with Crippen LogP contribution < -0.4 is 5.32 Å². The number of hydrogen-bond acceptors (Lipinski definition) is 9. The summed E-state index contributed by atoms with van der Waals surface area (Å²) in [6.45, 7) is 1.78. The molecule has 1 aromatic heterocycles. The summed E-state index contributed by atoms with van der Waals surface area (Å²) in [4.78, 5) is 48.1. The summed E-state index contributed by atoms with van der Waals surface area (Å²) in [7, 11) is 0. The van der Waals surface area contributed by atoms with E-state index in [-0.39, 0.29) is 24.1 Å². The van der Waals surface area contributed by atoms with Crippen LogP contribution in [0.15, 0.2) is 22.5 Å². The number of nitrogens with zero attached hydrogens (tertiary/aromatic N) is 4. The van der Waals surface area contributed by atoms with Crippen molar-refractivity contribution < 1.29 is 19.3 Å². The fraction of sp³-hybridized carbons (Fsp3) is 0.267. The highest BCUT2D eigenvalue weighted by molar-refractivity contribution is 8.01. The molecule has 1 aliphatic heterocycles. The first kappa shape index (κ1) is 18.9. The zero-order valence-corrected chi connectivity index (χ0v) is 15.6. The SMILES string of the molecule is CCSc1nnc(NC(=O)CCN2C(=O)c3cccc([N+](=O)[O-])c3C2=O)s1. The van der Waals surface area contributed by atoms with E-state index in [1.165, 1.54) is 41.3 Å². The van der Waals surface area contributed by atoms with Gasteiger partial charge in [-0.25, -0.2) is 0 Å². The molecule has 0 saturated carbocycles. The first-order valence-electron chi connectivity index (χ1n) is 7.82. The molecular weight excluding hydrogens is 394 g/mol. The van der Waals surface area contributed by atoms with Gasteiger partial charge in [0.15, 0.2) is 4.34 Å². The van der Waals surface area contributed by atoms with Crippen LogP contribution in [0.5, 0.6) is 0 Å². The molecule has 12 heteroatoms. The highest BCUT2D eigenvalue weighted by atomic mass is 32.2. The molecule has 0 atom stereocenters. The third-order valence-corrected chi connectivity index (χ3v) is 5.51. The Hall–Kier alpha value is -2.86. The Balaban J connectivity index is 1.65. The Kier molecular flexibility index (Phi) is 5.46. The lowest BCUT2D eigenvalue weighted by Crippen LogP contribution is -2.33. The molecule has 0 aliphatic carbocycles. The van der Waals surface area contributed by atoms with Gasteiger partial charge in [0.05, 0.1) is 10.5 Å². The molecule has 0 bridgehead atoms. The Labute approximate surface area is 161 Å². The van der Waals surface area contributed by atoms with Crippen molar-refractivity contribution in [3.63, 3.8) is 0 Å². The maximum absolute atomic E-state index is 12.4. The van der Waals surface area contributed by atoms with E-state index < -0.39 is 28.3 Å². The summed E-state index contributed by atoms with van der Waals surface area (Å²) in [5, 5.41) is 21.7. The molecule has 0 spiro atoms. The van der Waals surface area contributed by atoms with E-state index in [1.54, 1.807) is 0 Å². The number of hydrogen-bond donors (Lipinski definition) is 1. The summed E-state index contributed by atoms with van der Waals surface area (Å²) < 4.78 is 0.723. The van der Waals surface area contributed by atoms with Crippen molar-refractivity contribution in [3.8, 4) is 0 Å². The molecule has 1 aromatic carbocycles. The maximum Gasteiger partial charge on any atom is 0.282 e. The molecule has 1 aliphatic rings. The zero-order chi connectivity index (χ0) is 19.6. The van der Waals surface area contributed by atoms with E-state index >= 15 is 0 Å². The van der Waals surface area contributed by atoms with Gasteiger partial charge in [-0.1, -0.05) is 36.1 Å². The fourth-order valence-corrected chi connectivity index (χ4v) is 4.17. The molecule has 0 fully saturated rings. The minimum atomic E-state index is -0.771. The van der Waals surface area contributed by atoms with Crippen LogP contribution in [0, 0.1) is 10.1 Å². The lowest BCUT2D eigenvalue weighted by molar-refractivity contribution is -0.385. The van der Waals surface area contributed by atoms with Crippen molar-refractivity contribution in [1.82, 2.24) is 15.1 Å². The van der Waals surface area contributed by atoms with E-state index in [0.29, 0.717) is 5.13 Å². The second-order valence-electron chi connectivity index (χ2n) is 5.32. The maximum atomic E-state index is 12.4. The van der Waals surface area contributed by atoms with Crippen LogP contribution in [0.1, 0.15) is 34.1 Å². The van der Waals surface area contributed by atoms with Crippen LogP contribution in [0.25, 0.3) is 0 Å². The molecule has 10 nitrogen and oxygen atoms in total. The fourth-order valence-electron chi connectivity index (χ4n) is 2.51. The molecule has 0 unspecified atom stereocenters. The summed E-state index contributed by atoms with van der Waals surface area (Å²) in [5.74, 6) is -1.03. The largest absolute Gasteiger partial charge is 0.300 e. The number of nitro groups is 1. The van der Waals surface area contributed by atoms with Gasteiger partial charge in [-0.05, 0) is 11.8 Å². The quantitative estimate of drug-likeness (QED) is 0.242. The topological polar surface area (TPSA) is 135 Å². The molecule has 1 N–H and O–H groups in total. The van der Waals surface area contributed by atoms with Crippen molar-refractivity contribution in [2.45, 2.75) is 17.7 Å². The van der Waals surface area contributed by atoms with Gasteiger partial charge >= 0.3 is 0 Å². The summed E-state index contributed by atoms with van der Waals surface area (Å²) in [6, 6.07) is 3.87. The van der Waals surface area contributed by atoms with Gasteiger partial charge in [-0.2, -0.15) is 0 Å². The minimum Gasteiger partial charge on any atom is -0.300 e. The van der Waals surface area contributed by atoms with E-state index in [2.05, 4.69) is 15.5 Å². The number of nitro benzene ring substituents is 1. The van der Waals surface area contributed by atoms with Gasteiger partial charge in [0, 0.05) is 19.0 Å². The summed E-state index contributed by atoms with van der Waals surface area (Å²) in [6.07, 6.45) is -0.158. The third kappa shape index (κ3) is 3.80. The van der Waals surface area contributed by atoms with Gasteiger partial charge in [0.25, 0.3) is 17.5 Å². The van der Waals surface area contributed by atoms with Crippen LogP contribution in [0.2, 0.25) is 0 Å². The average molecular weight is 407 g/mol. The van der Waals surface area contributed by atoms with E-state index in [0.717, 1.165) is 15.0 Å². The predicted octanol–water partition coefficient (Wildman–Crippen LogP) is 2.18. The van der Waals surface area contributed by atoms with Gasteiger partial charge in [0.2, 0.25) is 11.0 Å². The first-order chi connectivity index (χ1) is 12.9. The normalized spacial score (nSPS) is 13.0. The number of anilines is 1. The molecule has 0 radical (unpaired) electrons. The second kappa shape index (κ2) is 7.80. The zero-order valence-electron chi connectivity index (χ0n) is 14.0. The van der Waals surface area contributed by atoms with Crippen LogP contribution in [0.4, 0.5) is 10.8 Å². The average Bonchev–Trinajstić information content (AvgIpc) is 3.17. The van der Waals surface area contributed by atoms with Crippen molar-refractivity contribution in [2.75, 3.05) is 17.6 Å². The Morgan fingerprint density at radius 1 is 1.33 bits per heavy atom. The molecule has 3 amide bonds. The lowest BCUT2D eigenvalue weighted by atomic mass is 10.1. The Bertz CT molecular complexity index is 944. The number of carbonyl (C=O) groups excluding carboxylic acids is 3. The van der Waals surface area contributed by atoms with E-state index in [1.807, 2.05) is 6.92 Å². The third-order valence-electron chi connectivity index (χ3n) is 3.66. The molecule has 2 heterocycles. The summed E-state index contributed by atoms with van der Waals surface area (Å²) in [5.41, 5.74) is -0.689. The van der Waals surface area contributed by atoms with Crippen LogP contribution in [0.3, 0.4) is 0 Å². The van der Waals surface area contributed by atoms with Gasteiger partial charge in [-0.15, -0.1) is 10.2 Å². The number of carbonyl (C=O) groups is 3. The van der Waals surface area contributed by atoms with Crippen molar-refractivity contribution in [1.29, 1.82) is 0 Å². The Morgan fingerprint density at radius 3 is 2.81 bits per heavy atom. The Morgan fingerprint density at radius 2 is 2.11 bits per heavy atom. The van der Waals surface area contributed by atoms with Gasteiger partial charge < -0.3 is 5.32 Å². The number of amides is 3. The van der Waals surface area contributed by atoms with Crippen LogP contribution in [-0.4, -0.2) is 50.0 Å². The number of imide groups is 1. The van der Waals surface area contributed by atoms with Crippen molar-refractivity contribution in [3.05, 3.63) is 39.4 Å². The standard InChI is InChI=1S/C15H13N5O5S2/c1-2-26-15-18-17-14(27-15)16-10(21)6-7-19-12(22)8-4-3-5-9(20(24)25)11(8)13(19)23/h3-5H,2,6-7H2,1H3,(H,16,17,21).